The highest BCUT2D eigenvalue weighted by Crippen LogP contribution is 2.18. The summed E-state index contributed by atoms with van der Waals surface area (Å²) in [6.45, 7) is 3.09. The number of pyridine rings is 1. The largest absolute Gasteiger partial charge is 0.494 e. The van der Waals surface area contributed by atoms with Crippen molar-refractivity contribution in [3.8, 4) is 5.75 Å². The number of hydrogen-bond donors (Lipinski definition) is 4. The number of hydrogen-bond acceptors (Lipinski definition) is 6. The van der Waals surface area contributed by atoms with Crippen molar-refractivity contribution in [2.75, 3.05) is 6.61 Å². The van der Waals surface area contributed by atoms with Crippen LogP contribution in [0.2, 0.25) is 10.3 Å². The standard InChI is InChI=1S/C34H35Cl2N5O4/c1-2-45-26-14-12-23(13-15-26)19-29(39-32(42)27-16-17-30(35)41-31(27)36)34(44)40-28(18-22-6-4-3-5-7-22)33(43)38-21-25-10-8-24(20-37)9-11-25/h3-17,28-29H,2,18-21,37H2,1H3,(H,38,43)(H,39,42)(H,40,44). The van der Waals surface area contributed by atoms with E-state index in [2.05, 4.69) is 20.9 Å². The summed E-state index contributed by atoms with van der Waals surface area (Å²) in [6.07, 6.45) is 0.372. The van der Waals surface area contributed by atoms with Gasteiger partial charge in [0.1, 0.15) is 28.1 Å². The van der Waals surface area contributed by atoms with Gasteiger partial charge in [-0.05, 0) is 53.4 Å². The van der Waals surface area contributed by atoms with Gasteiger partial charge in [0, 0.05) is 25.9 Å². The van der Waals surface area contributed by atoms with Crippen LogP contribution in [0.3, 0.4) is 0 Å². The van der Waals surface area contributed by atoms with Crippen molar-refractivity contribution in [1.29, 1.82) is 0 Å². The van der Waals surface area contributed by atoms with E-state index in [9.17, 15) is 14.4 Å². The summed E-state index contributed by atoms with van der Waals surface area (Å²) < 4.78 is 5.53. The number of carbonyl (C=O) groups excluding carboxylic acids is 3. The van der Waals surface area contributed by atoms with Crippen LogP contribution < -0.4 is 26.4 Å². The van der Waals surface area contributed by atoms with Gasteiger partial charge >= 0.3 is 0 Å². The number of nitrogens with two attached hydrogens (primary N) is 1. The van der Waals surface area contributed by atoms with Crippen LogP contribution in [-0.2, 0) is 35.5 Å². The maximum absolute atomic E-state index is 13.9. The van der Waals surface area contributed by atoms with Crippen molar-refractivity contribution in [2.24, 2.45) is 5.73 Å². The van der Waals surface area contributed by atoms with Crippen molar-refractivity contribution in [3.63, 3.8) is 0 Å². The quantitative estimate of drug-likeness (QED) is 0.147. The molecule has 0 aliphatic heterocycles. The van der Waals surface area contributed by atoms with E-state index in [0.29, 0.717) is 18.9 Å². The van der Waals surface area contributed by atoms with Gasteiger partial charge in [-0.15, -0.1) is 0 Å². The number of halogens is 2. The first-order chi connectivity index (χ1) is 21.7. The molecule has 3 aromatic carbocycles. The van der Waals surface area contributed by atoms with Gasteiger partial charge in [0.15, 0.2) is 0 Å². The number of aromatic nitrogens is 1. The molecule has 4 rings (SSSR count). The van der Waals surface area contributed by atoms with Crippen LogP contribution in [0.15, 0.2) is 91.0 Å². The zero-order chi connectivity index (χ0) is 32.2. The smallest absolute Gasteiger partial charge is 0.255 e. The fourth-order valence-electron chi connectivity index (χ4n) is 4.59. The maximum Gasteiger partial charge on any atom is 0.255 e. The lowest BCUT2D eigenvalue weighted by molar-refractivity contribution is -0.130. The van der Waals surface area contributed by atoms with E-state index >= 15 is 0 Å². The molecule has 45 heavy (non-hydrogen) atoms. The number of benzene rings is 3. The Kier molecular flexibility index (Phi) is 12.3. The van der Waals surface area contributed by atoms with Crippen LogP contribution in [0.25, 0.3) is 0 Å². The molecule has 0 aliphatic carbocycles. The third-order valence-corrected chi connectivity index (χ3v) is 7.50. The highest BCUT2D eigenvalue weighted by atomic mass is 35.5. The summed E-state index contributed by atoms with van der Waals surface area (Å²) in [5, 5.41) is 8.60. The van der Waals surface area contributed by atoms with Crippen molar-refractivity contribution in [3.05, 3.63) is 129 Å². The van der Waals surface area contributed by atoms with Gasteiger partial charge in [0.25, 0.3) is 5.91 Å². The van der Waals surface area contributed by atoms with Crippen LogP contribution in [0.5, 0.6) is 5.75 Å². The number of amides is 3. The zero-order valence-corrected chi connectivity index (χ0v) is 26.3. The van der Waals surface area contributed by atoms with Crippen LogP contribution in [-0.4, -0.2) is 41.4 Å². The molecule has 1 heterocycles. The van der Waals surface area contributed by atoms with Gasteiger partial charge in [-0.1, -0.05) is 89.9 Å². The van der Waals surface area contributed by atoms with E-state index in [-0.39, 0.29) is 41.2 Å². The molecule has 11 heteroatoms. The zero-order valence-electron chi connectivity index (χ0n) is 24.8. The summed E-state index contributed by atoms with van der Waals surface area (Å²) in [6, 6.07) is 25.1. The fraction of sp³-hybridized carbons (Fsp3) is 0.235. The molecule has 1 aromatic heterocycles. The fourth-order valence-corrected chi connectivity index (χ4v) is 5.02. The second-order valence-corrected chi connectivity index (χ2v) is 11.0. The van der Waals surface area contributed by atoms with Crippen LogP contribution in [0.1, 0.15) is 39.5 Å². The molecular formula is C34H35Cl2N5O4. The normalized spacial score (nSPS) is 12.1. The molecule has 4 aromatic rings. The summed E-state index contributed by atoms with van der Waals surface area (Å²) in [5.41, 5.74) is 9.25. The van der Waals surface area contributed by atoms with E-state index in [4.69, 9.17) is 33.7 Å². The van der Waals surface area contributed by atoms with Crippen molar-refractivity contribution in [1.82, 2.24) is 20.9 Å². The molecule has 234 valence electrons. The maximum atomic E-state index is 13.9. The predicted molar refractivity (Wildman–Crippen MR) is 175 cm³/mol. The average molecular weight is 649 g/mol. The van der Waals surface area contributed by atoms with Gasteiger partial charge in [0.05, 0.1) is 12.2 Å². The molecule has 9 nitrogen and oxygen atoms in total. The van der Waals surface area contributed by atoms with Crippen LogP contribution >= 0.6 is 23.2 Å². The number of nitrogens with one attached hydrogen (secondary N) is 3. The number of nitrogens with zero attached hydrogens (tertiary/aromatic N) is 1. The Labute approximate surface area is 272 Å². The molecule has 2 unspecified atom stereocenters. The minimum Gasteiger partial charge on any atom is -0.494 e. The first-order valence-corrected chi connectivity index (χ1v) is 15.3. The second-order valence-electron chi connectivity index (χ2n) is 10.3. The van der Waals surface area contributed by atoms with Crippen LogP contribution in [0.4, 0.5) is 0 Å². The number of ether oxygens (including phenoxy) is 1. The minimum atomic E-state index is -1.06. The monoisotopic (exact) mass is 647 g/mol. The van der Waals surface area contributed by atoms with E-state index in [0.717, 1.165) is 22.3 Å². The van der Waals surface area contributed by atoms with Gasteiger partial charge in [-0.2, -0.15) is 0 Å². The second kappa shape index (κ2) is 16.6. The van der Waals surface area contributed by atoms with E-state index in [1.54, 1.807) is 12.1 Å². The Bertz CT molecular complexity index is 1580. The Balaban J connectivity index is 1.55. The Morgan fingerprint density at radius 2 is 1.36 bits per heavy atom. The van der Waals surface area contributed by atoms with Crippen molar-refractivity contribution >= 4 is 40.9 Å². The molecule has 0 bridgehead atoms. The molecule has 0 aliphatic rings. The van der Waals surface area contributed by atoms with Gasteiger partial charge in [-0.25, -0.2) is 4.98 Å². The summed E-state index contributed by atoms with van der Waals surface area (Å²) >= 11 is 12.1. The molecule has 3 amide bonds. The molecule has 0 saturated heterocycles. The Morgan fingerprint density at radius 1 is 0.756 bits per heavy atom. The molecule has 0 fully saturated rings. The molecule has 5 N–H and O–H groups in total. The van der Waals surface area contributed by atoms with E-state index in [1.807, 2.05) is 73.7 Å². The summed E-state index contributed by atoms with van der Waals surface area (Å²) in [7, 11) is 0. The predicted octanol–water partition coefficient (Wildman–Crippen LogP) is 4.63. The Hall–Kier alpha value is -4.44. The molecule has 2 atom stereocenters. The highest BCUT2D eigenvalue weighted by molar-refractivity contribution is 6.34. The van der Waals surface area contributed by atoms with Gasteiger partial charge < -0.3 is 26.4 Å². The topological polar surface area (TPSA) is 135 Å². The van der Waals surface area contributed by atoms with E-state index in [1.165, 1.54) is 12.1 Å². The Morgan fingerprint density at radius 3 is 1.98 bits per heavy atom. The average Bonchev–Trinajstić information content (AvgIpc) is 3.04. The third-order valence-electron chi connectivity index (χ3n) is 7.00. The number of rotatable bonds is 14. The third kappa shape index (κ3) is 10.0. The van der Waals surface area contributed by atoms with E-state index < -0.39 is 23.9 Å². The minimum absolute atomic E-state index is 0.0600. The molecule has 0 spiro atoms. The first kappa shape index (κ1) is 33.5. The summed E-state index contributed by atoms with van der Waals surface area (Å²) in [5.74, 6) is -0.840. The van der Waals surface area contributed by atoms with Crippen molar-refractivity contribution < 1.29 is 19.1 Å². The molecular weight excluding hydrogens is 613 g/mol. The molecule has 0 saturated carbocycles. The lowest BCUT2D eigenvalue weighted by Crippen LogP contribution is -2.55. The lowest BCUT2D eigenvalue weighted by atomic mass is 10.0. The summed E-state index contributed by atoms with van der Waals surface area (Å²) in [4.78, 5) is 44.6. The van der Waals surface area contributed by atoms with Crippen molar-refractivity contribution in [2.45, 2.75) is 44.9 Å². The van der Waals surface area contributed by atoms with Gasteiger partial charge in [0.2, 0.25) is 11.8 Å². The number of carbonyl (C=O) groups is 3. The highest BCUT2D eigenvalue weighted by Gasteiger charge is 2.28. The van der Waals surface area contributed by atoms with Gasteiger partial charge in [-0.3, -0.25) is 14.4 Å². The lowest BCUT2D eigenvalue weighted by Gasteiger charge is -2.24. The first-order valence-electron chi connectivity index (χ1n) is 14.5. The van der Waals surface area contributed by atoms with Crippen LogP contribution in [0, 0.1) is 0 Å². The SMILES string of the molecule is CCOc1ccc(CC(NC(=O)c2ccc(Cl)nc2Cl)C(=O)NC(Cc2ccccc2)C(=O)NCc2ccc(CN)cc2)cc1. The molecule has 0 radical (unpaired) electrons.